The number of aliphatic hydroxyl groups is 1. The molecule has 0 aliphatic rings. The van der Waals surface area contributed by atoms with E-state index in [0.717, 1.165) is 0 Å². The van der Waals surface area contributed by atoms with Gasteiger partial charge in [-0.1, -0.05) is 26.7 Å². The predicted octanol–water partition coefficient (Wildman–Crippen LogP) is -1.73. The monoisotopic (exact) mass is 489 g/mol. The van der Waals surface area contributed by atoms with Gasteiger partial charge >= 0.3 is 11.9 Å². The lowest BCUT2D eigenvalue weighted by Gasteiger charge is -2.29. The summed E-state index contributed by atoms with van der Waals surface area (Å²) in [5.41, 5.74) is 11.2. The molecule has 0 fully saturated rings. The number of aliphatic carboxylic acids is 2. The molecule has 0 aromatic rings. The highest BCUT2D eigenvalue weighted by molar-refractivity contribution is 5.94. The minimum atomic E-state index is -1.47. The zero-order valence-electron chi connectivity index (χ0n) is 20.0. The maximum atomic E-state index is 12.9. The van der Waals surface area contributed by atoms with Crippen molar-refractivity contribution in [2.75, 3.05) is 6.54 Å². The van der Waals surface area contributed by atoms with E-state index in [-0.39, 0.29) is 6.42 Å². The molecule has 3 amide bonds. The molecule has 0 aliphatic carbocycles. The van der Waals surface area contributed by atoms with Crippen LogP contribution in [0.25, 0.3) is 0 Å². The van der Waals surface area contributed by atoms with E-state index < -0.39 is 72.3 Å². The van der Waals surface area contributed by atoms with E-state index in [4.69, 9.17) is 16.6 Å². The minimum absolute atomic E-state index is 0.335. The van der Waals surface area contributed by atoms with E-state index in [1.54, 1.807) is 13.8 Å². The van der Waals surface area contributed by atoms with Crippen LogP contribution in [0.4, 0.5) is 0 Å². The van der Waals surface area contributed by atoms with Crippen molar-refractivity contribution < 1.29 is 39.3 Å². The van der Waals surface area contributed by atoms with E-state index in [9.17, 15) is 34.2 Å². The molecule has 0 saturated carbocycles. The Balaban J connectivity index is 5.40. The van der Waals surface area contributed by atoms with Crippen molar-refractivity contribution in [1.82, 2.24) is 16.0 Å². The summed E-state index contributed by atoms with van der Waals surface area (Å²) in [6.45, 7) is 5.14. The summed E-state index contributed by atoms with van der Waals surface area (Å²) < 4.78 is 0. The Kier molecular flexibility index (Phi) is 14.7. The molecule has 6 atom stereocenters. The van der Waals surface area contributed by atoms with Crippen molar-refractivity contribution in [3.05, 3.63) is 0 Å². The molecule has 10 N–H and O–H groups in total. The van der Waals surface area contributed by atoms with E-state index in [1.165, 1.54) is 6.92 Å². The number of hydrogen-bond donors (Lipinski definition) is 8. The van der Waals surface area contributed by atoms with Crippen molar-refractivity contribution in [2.45, 2.75) is 89.6 Å². The molecule has 0 saturated heterocycles. The van der Waals surface area contributed by atoms with Crippen LogP contribution >= 0.6 is 0 Å². The summed E-state index contributed by atoms with van der Waals surface area (Å²) in [5.74, 6) is -5.40. The third-order valence-corrected chi connectivity index (χ3v) is 5.42. The third-order valence-electron chi connectivity index (χ3n) is 5.42. The zero-order valence-corrected chi connectivity index (χ0v) is 20.0. The van der Waals surface area contributed by atoms with Gasteiger partial charge in [0.05, 0.1) is 12.1 Å². The van der Waals surface area contributed by atoms with Gasteiger partial charge in [-0.25, -0.2) is 4.79 Å². The fourth-order valence-corrected chi connectivity index (χ4v) is 3.04. The molecular formula is C21H39N5O8. The highest BCUT2D eigenvalue weighted by Gasteiger charge is 2.34. The molecule has 0 aromatic carbocycles. The van der Waals surface area contributed by atoms with Gasteiger partial charge in [0.25, 0.3) is 0 Å². The van der Waals surface area contributed by atoms with E-state index in [1.807, 2.05) is 0 Å². The predicted molar refractivity (Wildman–Crippen MR) is 122 cm³/mol. The number of rotatable bonds is 17. The summed E-state index contributed by atoms with van der Waals surface area (Å²) in [7, 11) is 0. The SMILES string of the molecule is CCC(C)C(NC(=O)C(NC(=O)C(N)CCCCN)C(C)O)C(=O)NC(CCC(=O)O)C(=O)O. The first-order valence-corrected chi connectivity index (χ1v) is 11.3. The molecule has 196 valence electrons. The summed E-state index contributed by atoms with van der Waals surface area (Å²) in [6.07, 6.45) is -0.0739. The second-order valence-corrected chi connectivity index (χ2v) is 8.32. The van der Waals surface area contributed by atoms with Crippen LogP contribution in [0.5, 0.6) is 0 Å². The van der Waals surface area contributed by atoms with E-state index in [0.29, 0.717) is 32.2 Å². The normalized spacial score (nSPS) is 16.3. The number of aliphatic hydroxyl groups excluding tert-OH is 1. The van der Waals surface area contributed by atoms with Crippen LogP contribution in [0.3, 0.4) is 0 Å². The number of nitrogens with one attached hydrogen (secondary N) is 3. The van der Waals surface area contributed by atoms with Crippen LogP contribution in [-0.2, 0) is 24.0 Å². The highest BCUT2D eigenvalue weighted by Crippen LogP contribution is 2.11. The molecule has 0 bridgehead atoms. The van der Waals surface area contributed by atoms with Crippen molar-refractivity contribution in [3.63, 3.8) is 0 Å². The first-order chi connectivity index (χ1) is 15.8. The molecule has 0 aromatic heterocycles. The lowest BCUT2D eigenvalue weighted by atomic mass is 9.96. The number of carboxylic acids is 2. The van der Waals surface area contributed by atoms with Gasteiger partial charge in [0, 0.05) is 6.42 Å². The Labute approximate surface area is 199 Å². The van der Waals surface area contributed by atoms with Crippen molar-refractivity contribution in [3.8, 4) is 0 Å². The van der Waals surface area contributed by atoms with E-state index >= 15 is 0 Å². The molecule has 6 unspecified atom stereocenters. The smallest absolute Gasteiger partial charge is 0.326 e. The molecule has 34 heavy (non-hydrogen) atoms. The van der Waals surface area contributed by atoms with E-state index in [2.05, 4.69) is 16.0 Å². The fourth-order valence-electron chi connectivity index (χ4n) is 3.04. The Morgan fingerprint density at radius 1 is 0.853 bits per heavy atom. The molecule has 13 nitrogen and oxygen atoms in total. The number of carbonyl (C=O) groups excluding carboxylic acids is 3. The summed E-state index contributed by atoms with van der Waals surface area (Å²) in [4.78, 5) is 60.2. The summed E-state index contributed by atoms with van der Waals surface area (Å²) in [5, 5.41) is 35.2. The number of hydrogen-bond acceptors (Lipinski definition) is 8. The first-order valence-electron chi connectivity index (χ1n) is 11.3. The van der Waals surface area contributed by atoms with Crippen molar-refractivity contribution >= 4 is 29.7 Å². The standard InChI is InChI=1S/C21H39N5O8/c1-4-11(2)16(19(31)24-14(21(33)34)8-9-15(28)29)25-20(32)17(12(3)27)26-18(30)13(23)7-5-6-10-22/h11-14,16-17,27H,4-10,22-23H2,1-3H3,(H,24,31)(H,25,32)(H,26,30)(H,28,29)(H,33,34). The molecule has 0 radical (unpaired) electrons. The largest absolute Gasteiger partial charge is 0.481 e. The van der Waals surface area contributed by atoms with Gasteiger partial charge in [-0.15, -0.1) is 0 Å². The van der Waals surface area contributed by atoms with Crippen LogP contribution in [0.1, 0.15) is 59.3 Å². The molecule has 0 aliphatic heterocycles. The Hall–Kier alpha value is -2.77. The van der Waals surface area contributed by atoms with Gasteiger partial charge in [0.15, 0.2) is 0 Å². The third kappa shape index (κ3) is 11.4. The first kappa shape index (κ1) is 31.2. The number of nitrogens with two attached hydrogens (primary N) is 2. The lowest BCUT2D eigenvalue weighted by molar-refractivity contribution is -0.144. The Morgan fingerprint density at radius 2 is 1.41 bits per heavy atom. The molecule has 0 spiro atoms. The average Bonchev–Trinajstić information content (AvgIpc) is 2.76. The number of amides is 3. The summed E-state index contributed by atoms with van der Waals surface area (Å²) >= 11 is 0. The zero-order chi connectivity index (χ0) is 26.4. The van der Waals surface area contributed by atoms with Crippen LogP contribution in [0.2, 0.25) is 0 Å². The maximum Gasteiger partial charge on any atom is 0.326 e. The maximum absolute atomic E-state index is 12.9. The average molecular weight is 490 g/mol. The van der Waals surface area contributed by atoms with Crippen LogP contribution in [0, 0.1) is 5.92 Å². The van der Waals surface area contributed by atoms with Crippen LogP contribution < -0.4 is 27.4 Å². The van der Waals surface area contributed by atoms with Gasteiger partial charge in [-0.3, -0.25) is 19.2 Å². The van der Waals surface area contributed by atoms with Gasteiger partial charge in [-0.2, -0.15) is 0 Å². The number of carbonyl (C=O) groups is 5. The van der Waals surface area contributed by atoms with Crippen LogP contribution in [-0.4, -0.2) is 81.8 Å². The number of carboxylic acid groups (broad SMARTS) is 2. The van der Waals surface area contributed by atoms with Gasteiger partial charge in [0.1, 0.15) is 18.1 Å². The lowest BCUT2D eigenvalue weighted by Crippen LogP contribution is -2.61. The Bertz CT molecular complexity index is 703. The Morgan fingerprint density at radius 3 is 1.88 bits per heavy atom. The highest BCUT2D eigenvalue weighted by atomic mass is 16.4. The van der Waals surface area contributed by atoms with Crippen LogP contribution in [0.15, 0.2) is 0 Å². The fraction of sp³-hybridized carbons (Fsp3) is 0.762. The summed E-state index contributed by atoms with van der Waals surface area (Å²) in [6, 6.07) is -4.99. The number of unbranched alkanes of at least 4 members (excludes halogenated alkanes) is 1. The molecule has 13 heteroatoms. The van der Waals surface area contributed by atoms with Crippen molar-refractivity contribution in [2.24, 2.45) is 17.4 Å². The van der Waals surface area contributed by atoms with Crippen molar-refractivity contribution in [1.29, 1.82) is 0 Å². The topological polar surface area (TPSA) is 234 Å². The quantitative estimate of drug-likeness (QED) is 0.107. The van der Waals surface area contributed by atoms with Gasteiger partial charge in [0.2, 0.25) is 17.7 Å². The second kappa shape index (κ2) is 16.0. The second-order valence-electron chi connectivity index (χ2n) is 8.32. The van der Waals surface area contributed by atoms with Gasteiger partial charge in [-0.05, 0) is 38.6 Å². The minimum Gasteiger partial charge on any atom is -0.481 e. The van der Waals surface area contributed by atoms with Gasteiger partial charge < -0.3 is 42.7 Å². The molecule has 0 heterocycles. The molecular weight excluding hydrogens is 450 g/mol. The molecule has 0 rings (SSSR count).